The van der Waals surface area contributed by atoms with Crippen molar-refractivity contribution in [3.8, 4) is 5.69 Å². The molecule has 0 spiro atoms. The third-order valence-corrected chi connectivity index (χ3v) is 3.74. The van der Waals surface area contributed by atoms with Crippen LogP contribution in [0.15, 0.2) is 67.3 Å². The molecule has 7 nitrogen and oxygen atoms in total. The maximum atomic E-state index is 12.0. The molecule has 0 aliphatic carbocycles. The van der Waals surface area contributed by atoms with E-state index in [1.54, 1.807) is 23.1 Å². The van der Waals surface area contributed by atoms with Crippen molar-refractivity contribution in [2.24, 2.45) is 0 Å². The van der Waals surface area contributed by atoms with Gasteiger partial charge in [0.05, 0.1) is 5.69 Å². The van der Waals surface area contributed by atoms with Gasteiger partial charge in [-0.05, 0) is 42.8 Å². The molecule has 0 aliphatic heterocycles. The van der Waals surface area contributed by atoms with E-state index in [0.717, 1.165) is 5.69 Å². The van der Waals surface area contributed by atoms with Crippen LogP contribution in [0.4, 0.5) is 5.69 Å². The summed E-state index contributed by atoms with van der Waals surface area (Å²) >= 11 is 0. The number of anilines is 1. The Morgan fingerprint density at radius 2 is 1.77 bits per heavy atom. The zero-order valence-electron chi connectivity index (χ0n) is 14.1. The number of benzene rings is 2. The fourth-order valence-electron chi connectivity index (χ4n) is 2.40. The van der Waals surface area contributed by atoms with Crippen LogP contribution in [-0.2, 0) is 4.79 Å². The fourth-order valence-corrected chi connectivity index (χ4v) is 2.40. The van der Waals surface area contributed by atoms with Crippen molar-refractivity contribution in [1.29, 1.82) is 0 Å². The maximum Gasteiger partial charge on any atom is 0.251 e. The Balaban J connectivity index is 1.39. The van der Waals surface area contributed by atoms with Crippen LogP contribution in [0.3, 0.4) is 0 Å². The third-order valence-electron chi connectivity index (χ3n) is 3.74. The van der Waals surface area contributed by atoms with Crippen molar-refractivity contribution in [2.45, 2.75) is 12.8 Å². The molecule has 0 radical (unpaired) electrons. The summed E-state index contributed by atoms with van der Waals surface area (Å²) in [5.74, 6) is -0.220. The smallest absolute Gasteiger partial charge is 0.251 e. The SMILES string of the molecule is O=C(CCCNC(=O)c1ccccc1)Nc1ccc(-n2cncn2)cc1. The molecule has 3 aromatic rings. The molecular formula is C19H19N5O2. The van der Waals surface area contributed by atoms with E-state index < -0.39 is 0 Å². The Labute approximate surface area is 151 Å². The molecule has 1 heterocycles. The number of rotatable bonds is 7. The van der Waals surface area contributed by atoms with Gasteiger partial charge in [0.25, 0.3) is 5.91 Å². The van der Waals surface area contributed by atoms with Crippen molar-refractivity contribution >= 4 is 17.5 Å². The molecule has 0 saturated carbocycles. The zero-order valence-corrected chi connectivity index (χ0v) is 14.1. The van der Waals surface area contributed by atoms with E-state index in [2.05, 4.69) is 20.7 Å². The molecule has 26 heavy (non-hydrogen) atoms. The van der Waals surface area contributed by atoms with Gasteiger partial charge in [0, 0.05) is 24.2 Å². The Kier molecular flexibility index (Phi) is 5.72. The molecule has 0 bridgehead atoms. The summed E-state index contributed by atoms with van der Waals surface area (Å²) in [4.78, 5) is 27.8. The standard InChI is InChI=1S/C19H19N5O2/c25-18(7-4-12-21-19(26)15-5-2-1-3-6-15)23-16-8-10-17(11-9-16)24-14-20-13-22-24/h1-3,5-6,8-11,13-14H,4,7,12H2,(H,21,26)(H,23,25). The van der Waals surface area contributed by atoms with Crippen LogP contribution >= 0.6 is 0 Å². The number of nitrogens with one attached hydrogen (secondary N) is 2. The first-order valence-corrected chi connectivity index (χ1v) is 8.30. The van der Waals surface area contributed by atoms with Crippen molar-refractivity contribution < 1.29 is 9.59 Å². The van der Waals surface area contributed by atoms with E-state index in [-0.39, 0.29) is 11.8 Å². The highest BCUT2D eigenvalue weighted by Crippen LogP contribution is 2.12. The molecule has 1 aromatic heterocycles. The summed E-state index contributed by atoms with van der Waals surface area (Å²) in [6.45, 7) is 0.451. The summed E-state index contributed by atoms with van der Waals surface area (Å²) in [5.41, 5.74) is 2.20. The molecule has 0 aliphatic rings. The second kappa shape index (κ2) is 8.57. The van der Waals surface area contributed by atoms with Crippen LogP contribution in [0, 0.1) is 0 Å². The van der Waals surface area contributed by atoms with Gasteiger partial charge in [-0.3, -0.25) is 9.59 Å². The Morgan fingerprint density at radius 3 is 2.46 bits per heavy atom. The highest BCUT2D eigenvalue weighted by atomic mass is 16.2. The lowest BCUT2D eigenvalue weighted by atomic mass is 10.2. The molecule has 2 N–H and O–H groups in total. The number of carbonyl (C=O) groups is 2. The fraction of sp³-hybridized carbons (Fsp3) is 0.158. The minimum absolute atomic E-state index is 0.0903. The van der Waals surface area contributed by atoms with Gasteiger partial charge in [-0.25, -0.2) is 9.67 Å². The topological polar surface area (TPSA) is 88.9 Å². The lowest BCUT2D eigenvalue weighted by Crippen LogP contribution is -2.25. The molecule has 0 fully saturated rings. The number of carbonyl (C=O) groups excluding carboxylic acids is 2. The third kappa shape index (κ3) is 4.76. The maximum absolute atomic E-state index is 12.0. The Morgan fingerprint density at radius 1 is 1.00 bits per heavy atom. The van der Waals surface area contributed by atoms with Crippen LogP contribution in [0.5, 0.6) is 0 Å². The van der Waals surface area contributed by atoms with Crippen molar-refractivity contribution in [2.75, 3.05) is 11.9 Å². The van der Waals surface area contributed by atoms with Gasteiger partial charge in [-0.1, -0.05) is 18.2 Å². The summed E-state index contributed by atoms with van der Waals surface area (Å²) < 4.78 is 1.64. The first-order valence-electron chi connectivity index (χ1n) is 8.30. The molecular weight excluding hydrogens is 330 g/mol. The van der Waals surface area contributed by atoms with Gasteiger partial charge in [0.15, 0.2) is 0 Å². The van der Waals surface area contributed by atoms with Gasteiger partial charge < -0.3 is 10.6 Å². The van der Waals surface area contributed by atoms with Crippen molar-refractivity contribution in [1.82, 2.24) is 20.1 Å². The van der Waals surface area contributed by atoms with Gasteiger partial charge in [0.2, 0.25) is 5.91 Å². The monoisotopic (exact) mass is 349 g/mol. The van der Waals surface area contributed by atoms with Gasteiger partial charge in [0.1, 0.15) is 12.7 Å². The van der Waals surface area contributed by atoms with Gasteiger partial charge >= 0.3 is 0 Å². The minimum atomic E-state index is -0.130. The molecule has 2 aromatic carbocycles. The van der Waals surface area contributed by atoms with Crippen LogP contribution in [0.2, 0.25) is 0 Å². The van der Waals surface area contributed by atoms with E-state index in [9.17, 15) is 9.59 Å². The summed E-state index contributed by atoms with van der Waals surface area (Å²) in [7, 11) is 0. The van der Waals surface area contributed by atoms with Crippen LogP contribution in [0.1, 0.15) is 23.2 Å². The van der Waals surface area contributed by atoms with Crippen LogP contribution in [-0.4, -0.2) is 33.1 Å². The number of amides is 2. The van der Waals surface area contributed by atoms with E-state index in [0.29, 0.717) is 30.6 Å². The van der Waals surface area contributed by atoms with Gasteiger partial charge in [-0.2, -0.15) is 5.10 Å². The molecule has 132 valence electrons. The van der Waals surface area contributed by atoms with Crippen LogP contribution in [0.25, 0.3) is 5.69 Å². The average Bonchev–Trinajstić information content (AvgIpc) is 3.21. The second-order valence-corrected chi connectivity index (χ2v) is 5.66. The normalized spacial score (nSPS) is 10.3. The van der Waals surface area contributed by atoms with E-state index in [4.69, 9.17) is 0 Å². The van der Waals surface area contributed by atoms with Gasteiger partial charge in [-0.15, -0.1) is 0 Å². The number of aromatic nitrogens is 3. The first kappa shape index (κ1) is 17.3. The highest BCUT2D eigenvalue weighted by Gasteiger charge is 2.06. The molecule has 2 amide bonds. The molecule has 0 atom stereocenters. The Bertz CT molecular complexity index is 845. The van der Waals surface area contributed by atoms with E-state index in [1.165, 1.54) is 6.33 Å². The second-order valence-electron chi connectivity index (χ2n) is 5.66. The lowest BCUT2D eigenvalue weighted by molar-refractivity contribution is -0.116. The predicted octanol–water partition coefficient (Wildman–Crippen LogP) is 2.42. The average molecular weight is 349 g/mol. The summed E-state index contributed by atoms with van der Waals surface area (Å²) in [6, 6.07) is 16.3. The summed E-state index contributed by atoms with van der Waals surface area (Å²) in [6.07, 6.45) is 3.98. The zero-order chi connectivity index (χ0) is 18.2. The van der Waals surface area contributed by atoms with E-state index in [1.807, 2.05) is 42.5 Å². The predicted molar refractivity (Wildman–Crippen MR) is 98.0 cm³/mol. The first-order chi connectivity index (χ1) is 12.7. The molecule has 0 unspecified atom stereocenters. The highest BCUT2D eigenvalue weighted by molar-refractivity contribution is 5.94. The quantitative estimate of drug-likeness (QED) is 0.641. The molecule has 0 saturated heterocycles. The number of hydrogen-bond acceptors (Lipinski definition) is 4. The largest absolute Gasteiger partial charge is 0.352 e. The molecule has 3 rings (SSSR count). The van der Waals surface area contributed by atoms with Crippen LogP contribution < -0.4 is 10.6 Å². The number of hydrogen-bond donors (Lipinski definition) is 2. The van der Waals surface area contributed by atoms with E-state index >= 15 is 0 Å². The summed E-state index contributed by atoms with van der Waals surface area (Å²) in [5, 5.41) is 9.69. The Hall–Kier alpha value is -3.48. The minimum Gasteiger partial charge on any atom is -0.352 e. The van der Waals surface area contributed by atoms with Crippen molar-refractivity contribution in [3.63, 3.8) is 0 Å². The number of nitrogens with zero attached hydrogens (tertiary/aromatic N) is 3. The molecule has 7 heteroatoms. The van der Waals surface area contributed by atoms with Crippen molar-refractivity contribution in [3.05, 3.63) is 72.8 Å². The lowest BCUT2D eigenvalue weighted by Gasteiger charge is -2.07.